The number of hydrogen-bond donors (Lipinski definition) is 0. The third-order valence-electron chi connectivity index (χ3n) is 4.81. The van der Waals surface area contributed by atoms with Crippen molar-refractivity contribution in [3.8, 4) is 5.75 Å². The molecule has 3 aromatic rings. The number of carbonyl (C=O) groups is 2. The molecule has 2 amide bonds. The molecule has 0 radical (unpaired) electrons. The number of fused-ring (bicyclic) bond motifs is 1. The maximum Gasteiger partial charge on any atom is 0.254 e. The molecule has 27 heavy (non-hydrogen) atoms. The van der Waals surface area contributed by atoms with E-state index in [0.29, 0.717) is 12.1 Å². The Bertz CT molecular complexity index is 999. The molecule has 1 aliphatic heterocycles. The Morgan fingerprint density at radius 2 is 2.00 bits per heavy atom. The average Bonchev–Trinajstić information content (AvgIpc) is 3.17. The first-order valence-corrected chi connectivity index (χ1v) is 9.53. The molecular weight excluding hydrogens is 362 g/mol. The van der Waals surface area contributed by atoms with Crippen LogP contribution < -0.4 is 9.64 Å². The van der Waals surface area contributed by atoms with Crippen molar-refractivity contribution in [1.82, 2.24) is 9.88 Å². The van der Waals surface area contributed by atoms with Crippen LogP contribution in [0.3, 0.4) is 0 Å². The summed E-state index contributed by atoms with van der Waals surface area (Å²) in [5, 5.41) is 0. The Labute approximate surface area is 161 Å². The molecule has 1 atom stereocenters. The second-order valence-electron chi connectivity index (χ2n) is 6.52. The van der Waals surface area contributed by atoms with Gasteiger partial charge in [0.1, 0.15) is 12.3 Å². The minimum Gasteiger partial charge on any atom is -0.497 e. The van der Waals surface area contributed by atoms with Gasteiger partial charge in [0.15, 0.2) is 0 Å². The van der Waals surface area contributed by atoms with Gasteiger partial charge in [0.2, 0.25) is 5.91 Å². The van der Waals surface area contributed by atoms with Crippen LogP contribution in [0.1, 0.15) is 17.3 Å². The average molecular weight is 381 g/mol. The second-order valence-corrected chi connectivity index (χ2v) is 7.41. The summed E-state index contributed by atoms with van der Waals surface area (Å²) in [6, 6.07) is 12.8. The quantitative estimate of drug-likeness (QED) is 0.699. The van der Waals surface area contributed by atoms with Crippen molar-refractivity contribution in [3.63, 3.8) is 0 Å². The van der Waals surface area contributed by atoms with Crippen molar-refractivity contribution < 1.29 is 14.3 Å². The van der Waals surface area contributed by atoms with Crippen molar-refractivity contribution in [1.29, 1.82) is 0 Å². The second kappa shape index (κ2) is 7.00. The Morgan fingerprint density at radius 3 is 2.74 bits per heavy atom. The van der Waals surface area contributed by atoms with Gasteiger partial charge >= 0.3 is 0 Å². The van der Waals surface area contributed by atoms with Gasteiger partial charge in [-0.2, -0.15) is 0 Å². The Balaban J connectivity index is 1.54. The highest BCUT2D eigenvalue weighted by molar-refractivity contribution is 7.16. The highest BCUT2D eigenvalue weighted by Crippen LogP contribution is 2.25. The first kappa shape index (κ1) is 17.5. The Kier molecular flexibility index (Phi) is 4.53. The number of rotatable bonds is 3. The van der Waals surface area contributed by atoms with E-state index < -0.39 is 0 Å². The number of anilines is 1. The van der Waals surface area contributed by atoms with E-state index >= 15 is 0 Å². The predicted molar refractivity (Wildman–Crippen MR) is 105 cm³/mol. The summed E-state index contributed by atoms with van der Waals surface area (Å²) in [5.74, 6) is 0.525. The van der Waals surface area contributed by atoms with Crippen molar-refractivity contribution in [2.24, 2.45) is 0 Å². The number of hydrogen-bond acceptors (Lipinski definition) is 5. The zero-order valence-electron chi connectivity index (χ0n) is 15.1. The molecule has 2 heterocycles. The molecule has 0 bridgehead atoms. The van der Waals surface area contributed by atoms with Gasteiger partial charge in [-0.15, -0.1) is 11.3 Å². The van der Waals surface area contributed by atoms with E-state index in [1.807, 2.05) is 43.3 Å². The molecule has 0 spiro atoms. The van der Waals surface area contributed by atoms with Crippen molar-refractivity contribution in [2.45, 2.75) is 13.0 Å². The lowest BCUT2D eigenvalue weighted by molar-refractivity contribution is -0.121. The van der Waals surface area contributed by atoms with Gasteiger partial charge in [0, 0.05) is 23.8 Å². The molecule has 1 fully saturated rings. The molecule has 0 N–H and O–H groups in total. The van der Waals surface area contributed by atoms with Crippen LogP contribution in [-0.4, -0.2) is 47.9 Å². The molecule has 138 valence electrons. The molecule has 0 aliphatic carbocycles. The van der Waals surface area contributed by atoms with Gasteiger partial charge in [0.25, 0.3) is 5.91 Å². The molecule has 7 heteroatoms. The molecule has 1 saturated heterocycles. The first-order valence-electron chi connectivity index (χ1n) is 8.65. The summed E-state index contributed by atoms with van der Waals surface area (Å²) in [5.41, 5.74) is 4.04. The molecular formula is C20H19N3O3S. The smallest absolute Gasteiger partial charge is 0.254 e. The number of amides is 2. The van der Waals surface area contributed by atoms with Crippen LogP contribution >= 0.6 is 11.3 Å². The van der Waals surface area contributed by atoms with Gasteiger partial charge in [0.05, 0.1) is 22.8 Å². The van der Waals surface area contributed by atoms with Crippen LogP contribution in [0.15, 0.2) is 48.0 Å². The highest BCUT2D eigenvalue weighted by atomic mass is 32.1. The number of piperazine rings is 1. The number of aromatic nitrogens is 1. The zero-order valence-corrected chi connectivity index (χ0v) is 15.9. The highest BCUT2D eigenvalue weighted by Gasteiger charge is 2.33. The van der Waals surface area contributed by atoms with Crippen LogP contribution in [0.5, 0.6) is 5.75 Å². The third-order valence-corrected chi connectivity index (χ3v) is 5.60. The normalized spacial score (nSPS) is 17.4. The van der Waals surface area contributed by atoms with Crippen LogP contribution in [0.2, 0.25) is 0 Å². The van der Waals surface area contributed by atoms with Crippen LogP contribution in [0.4, 0.5) is 5.69 Å². The van der Waals surface area contributed by atoms with E-state index in [-0.39, 0.29) is 24.4 Å². The molecule has 1 unspecified atom stereocenters. The lowest BCUT2D eigenvalue weighted by Gasteiger charge is -2.39. The van der Waals surface area contributed by atoms with E-state index in [9.17, 15) is 9.59 Å². The lowest BCUT2D eigenvalue weighted by Crippen LogP contribution is -2.57. The summed E-state index contributed by atoms with van der Waals surface area (Å²) < 4.78 is 6.14. The minimum atomic E-state index is -0.125. The number of nitrogens with zero attached hydrogens (tertiary/aromatic N) is 3. The van der Waals surface area contributed by atoms with Gasteiger partial charge in [-0.05, 0) is 49.4 Å². The first-order chi connectivity index (χ1) is 13.1. The Morgan fingerprint density at radius 1 is 1.22 bits per heavy atom. The molecule has 4 rings (SSSR count). The van der Waals surface area contributed by atoms with E-state index in [1.165, 1.54) is 11.3 Å². The van der Waals surface area contributed by atoms with Gasteiger partial charge in [-0.25, -0.2) is 4.98 Å². The number of methoxy groups -OCH3 is 1. The lowest BCUT2D eigenvalue weighted by atomic mass is 10.1. The molecule has 1 aliphatic rings. The molecule has 1 aromatic heterocycles. The van der Waals surface area contributed by atoms with Gasteiger partial charge in [-0.1, -0.05) is 0 Å². The standard InChI is InChI=1S/C20H19N3O3S/c1-13-10-23(15-4-6-16(26-2)7-5-15)19(24)11-22(13)20(25)14-3-8-17-18(9-14)27-12-21-17/h3-9,12-13H,10-11H2,1-2H3. The number of thiazole rings is 1. The third kappa shape index (κ3) is 3.26. The SMILES string of the molecule is COc1ccc(N2CC(C)N(C(=O)c3ccc4ncsc4c3)CC2=O)cc1. The van der Waals surface area contributed by atoms with Crippen molar-refractivity contribution >= 4 is 39.1 Å². The fourth-order valence-corrected chi connectivity index (χ4v) is 4.01. The van der Waals surface area contributed by atoms with E-state index in [1.54, 1.807) is 28.5 Å². The van der Waals surface area contributed by atoms with Crippen LogP contribution in [0, 0.1) is 0 Å². The fraction of sp³-hybridized carbons (Fsp3) is 0.250. The van der Waals surface area contributed by atoms with E-state index in [0.717, 1.165) is 21.7 Å². The summed E-state index contributed by atoms with van der Waals surface area (Å²) in [6.07, 6.45) is 0. The summed E-state index contributed by atoms with van der Waals surface area (Å²) in [7, 11) is 1.61. The number of ether oxygens (including phenoxy) is 1. The van der Waals surface area contributed by atoms with E-state index in [2.05, 4.69) is 4.98 Å². The van der Waals surface area contributed by atoms with Crippen LogP contribution in [-0.2, 0) is 4.79 Å². The Hall–Kier alpha value is -2.93. The summed E-state index contributed by atoms with van der Waals surface area (Å²) in [4.78, 5) is 33.3. The maximum atomic E-state index is 13.0. The maximum absolute atomic E-state index is 13.0. The zero-order chi connectivity index (χ0) is 19.0. The fourth-order valence-electron chi connectivity index (χ4n) is 3.29. The monoisotopic (exact) mass is 381 g/mol. The molecule has 6 nitrogen and oxygen atoms in total. The summed E-state index contributed by atoms with van der Waals surface area (Å²) >= 11 is 1.50. The predicted octanol–water partition coefficient (Wildman–Crippen LogP) is 3.18. The van der Waals surface area contributed by atoms with Gasteiger partial charge in [-0.3, -0.25) is 9.59 Å². The topological polar surface area (TPSA) is 62.7 Å². The largest absolute Gasteiger partial charge is 0.497 e. The number of benzene rings is 2. The van der Waals surface area contributed by atoms with E-state index in [4.69, 9.17) is 4.74 Å². The van der Waals surface area contributed by atoms with Gasteiger partial charge < -0.3 is 14.5 Å². The van der Waals surface area contributed by atoms with Crippen LogP contribution in [0.25, 0.3) is 10.2 Å². The number of carbonyl (C=O) groups excluding carboxylic acids is 2. The molecule has 2 aromatic carbocycles. The summed E-state index contributed by atoms with van der Waals surface area (Å²) in [6.45, 7) is 2.48. The minimum absolute atomic E-state index is 0.0623. The molecule has 0 saturated carbocycles. The van der Waals surface area contributed by atoms with Crippen molar-refractivity contribution in [3.05, 3.63) is 53.5 Å². The van der Waals surface area contributed by atoms with Crippen molar-refractivity contribution in [2.75, 3.05) is 25.1 Å².